The molecular weight excluding hydrogens is 294 g/mol. The van der Waals surface area contributed by atoms with Crippen LogP contribution in [0, 0.1) is 13.8 Å². The molecule has 0 fully saturated rings. The molecule has 1 aromatic carbocycles. The van der Waals surface area contributed by atoms with E-state index in [1.807, 2.05) is 61.8 Å². The van der Waals surface area contributed by atoms with E-state index < -0.39 is 0 Å². The second-order valence-corrected chi connectivity index (χ2v) is 5.91. The lowest BCUT2D eigenvalue weighted by molar-refractivity contribution is 0.306. The Morgan fingerprint density at radius 3 is 2.73 bits per heavy atom. The van der Waals surface area contributed by atoms with Crippen LogP contribution < -0.4 is 10.1 Å². The van der Waals surface area contributed by atoms with Gasteiger partial charge in [0.2, 0.25) is 0 Å². The average molecular weight is 311 g/mol. The Kier molecular flexibility index (Phi) is 4.34. The van der Waals surface area contributed by atoms with Crippen LogP contribution in [0.4, 0.5) is 10.9 Å². The summed E-state index contributed by atoms with van der Waals surface area (Å²) in [6.07, 6.45) is 1.82. The van der Waals surface area contributed by atoms with Crippen LogP contribution >= 0.6 is 11.3 Å². The molecule has 0 aliphatic heterocycles. The van der Waals surface area contributed by atoms with Gasteiger partial charge in [0.1, 0.15) is 6.61 Å². The highest BCUT2D eigenvalue weighted by Gasteiger charge is 2.09. The first kappa shape index (κ1) is 14.5. The number of ether oxygens (including phenoxy) is 1. The maximum Gasteiger partial charge on any atom is 0.188 e. The number of aryl methyl sites for hydroxylation is 2. The van der Waals surface area contributed by atoms with Gasteiger partial charge in [0, 0.05) is 11.6 Å². The van der Waals surface area contributed by atoms with Crippen molar-refractivity contribution in [3.05, 3.63) is 64.8 Å². The Hall–Kier alpha value is -2.40. The Morgan fingerprint density at radius 1 is 1.18 bits per heavy atom. The summed E-state index contributed by atoms with van der Waals surface area (Å²) in [7, 11) is 0. The molecule has 112 valence electrons. The summed E-state index contributed by atoms with van der Waals surface area (Å²) in [5.41, 5.74) is 3.18. The van der Waals surface area contributed by atoms with Crippen molar-refractivity contribution in [2.24, 2.45) is 0 Å². The first-order valence-electron chi connectivity index (χ1n) is 7.03. The molecule has 0 radical (unpaired) electrons. The van der Waals surface area contributed by atoms with Gasteiger partial charge in [-0.2, -0.15) is 0 Å². The second-order valence-electron chi connectivity index (χ2n) is 5.05. The van der Waals surface area contributed by atoms with E-state index in [9.17, 15) is 0 Å². The van der Waals surface area contributed by atoms with Crippen molar-refractivity contribution in [2.45, 2.75) is 20.5 Å². The summed E-state index contributed by atoms with van der Waals surface area (Å²) in [6, 6.07) is 12.1. The lowest BCUT2D eigenvalue weighted by Gasteiger charge is -2.12. The largest absolute Gasteiger partial charge is 0.485 e. The Bertz CT molecular complexity index is 756. The van der Waals surface area contributed by atoms with Crippen molar-refractivity contribution < 1.29 is 4.74 Å². The zero-order valence-electron chi connectivity index (χ0n) is 12.5. The minimum absolute atomic E-state index is 0.511. The molecule has 0 unspecified atom stereocenters. The first-order valence-corrected chi connectivity index (χ1v) is 7.91. The van der Waals surface area contributed by atoms with Crippen molar-refractivity contribution in [1.29, 1.82) is 0 Å². The van der Waals surface area contributed by atoms with Gasteiger partial charge in [-0.25, -0.2) is 9.97 Å². The summed E-state index contributed by atoms with van der Waals surface area (Å²) >= 11 is 1.55. The van der Waals surface area contributed by atoms with Crippen molar-refractivity contribution in [2.75, 3.05) is 5.32 Å². The molecule has 0 bridgehead atoms. The second kappa shape index (κ2) is 6.58. The van der Waals surface area contributed by atoms with Crippen LogP contribution in [0.2, 0.25) is 0 Å². The molecule has 22 heavy (non-hydrogen) atoms. The SMILES string of the molecule is Cc1cnc(Nc2nc(C)cs2)c(OCc2ccccc2)c1. The summed E-state index contributed by atoms with van der Waals surface area (Å²) in [4.78, 5) is 8.83. The van der Waals surface area contributed by atoms with Gasteiger partial charge in [0.25, 0.3) is 0 Å². The van der Waals surface area contributed by atoms with Crippen LogP contribution in [0.25, 0.3) is 0 Å². The highest BCUT2D eigenvalue weighted by atomic mass is 32.1. The third kappa shape index (κ3) is 3.62. The van der Waals surface area contributed by atoms with Crippen molar-refractivity contribution >= 4 is 22.3 Å². The molecule has 0 amide bonds. The summed E-state index contributed by atoms with van der Waals surface area (Å²) in [6.45, 7) is 4.48. The fourth-order valence-corrected chi connectivity index (χ4v) is 2.68. The molecule has 2 aromatic heterocycles. The molecule has 0 aliphatic rings. The van der Waals surface area contributed by atoms with E-state index in [0.29, 0.717) is 12.4 Å². The molecule has 5 heteroatoms. The van der Waals surface area contributed by atoms with E-state index in [2.05, 4.69) is 15.3 Å². The Labute approximate surface area is 133 Å². The van der Waals surface area contributed by atoms with Gasteiger partial charge >= 0.3 is 0 Å². The zero-order chi connectivity index (χ0) is 15.4. The molecule has 0 saturated heterocycles. The number of nitrogens with one attached hydrogen (secondary N) is 1. The van der Waals surface area contributed by atoms with Crippen LogP contribution in [-0.4, -0.2) is 9.97 Å². The number of nitrogens with zero attached hydrogens (tertiary/aromatic N) is 2. The topological polar surface area (TPSA) is 47.0 Å². The van der Waals surface area contributed by atoms with Gasteiger partial charge < -0.3 is 10.1 Å². The van der Waals surface area contributed by atoms with Gasteiger partial charge in [0.15, 0.2) is 16.7 Å². The molecule has 0 saturated carbocycles. The number of anilines is 2. The zero-order valence-corrected chi connectivity index (χ0v) is 13.4. The molecular formula is C17H17N3OS. The monoisotopic (exact) mass is 311 g/mol. The van der Waals surface area contributed by atoms with E-state index in [-0.39, 0.29) is 0 Å². The van der Waals surface area contributed by atoms with Gasteiger partial charge in [-0.1, -0.05) is 30.3 Å². The van der Waals surface area contributed by atoms with Crippen LogP contribution in [0.5, 0.6) is 5.75 Å². The van der Waals surface area contributed by atoms with E-state index in [1.165, 1.54) is 0 Å². The molecule has 0 spiro atoms. The number of aromatic nitrogens is 2. The molecule has 3 rings (SSSR count). The van der Waals surface area contributed by atoms with Crippen molar-refractivity contribution in [3.8, 4) is 5.75 Å². The molecule has 4 nitrogen and oxygen atoms in total. The summed E-state index contributed by atoms with van der Waals surface area (Å²) in [5, 5.41) is 6.05. The lowest BCUT2D eigenvalue weighted by Crippen LogP contribution is -2.01. The van der Waals surface area contributed by atoms with Crippen molar-refractivity contribution in [1.82, 2.24) is 9.97 Å². The fourth-order valence-electron chi connectivity index (χ4n) is 1.99. The predicted molar refractivity (Wildman–Crippen MR) is 89.9 cm³/mol. The van der Waals surface area contributed by atoms with Gasteiger partial charge in [-0.15, -0.1) is 11.3 Å². The van der Waals surface area contributed by atoms with Crippen LogP contribution in [0.1, 0.15) is 16.8 Å². The molecule has 3 aromatic rings. The van der Waals surface area contributed by atoms with E-state index in [4.69, 9.17) is 4.74 Å². The summed E-state index contributed by atoms with van der Waals surface area (Å²) < 4.78 is 5.93. The minimum atomic E-state index is 0.511. The minimum Gasteiger partial charge on any atom is -0.485 e. The van der Waals surface area contributed by atoms with Crippen LogP contribution in [-0.2, 0) is 6.61 Å². The third-order valence-corrected chi connectivity index (χ3v) is 3.95. The van der Waals surface area contributed by atoms with Crippen molar-refractivity contribution in [3.63, 3.8) is 0 Å². The Morgan fingerprint density at radius 2 is 2.00 bits per heavy atom. The normalized spacial score (nSPS) is 10.5. The number of rotatable bonds is 5. The lowest BCUT2D eigenvalue weighted by atomic mass is 10.2. The molecule has 0 atom stereocenters. The van der Waals surface area contributed by atoms with Gasteiger partial charge in [0.05, 0.1) is 5.69 Å². The average Bonchev–Trinajstić information content (AvgIpc) is 2.94. The highest BCUT2D eigenvalue weighted by molar-refractivity contribution is 7.13. The highest BCUT2D eigenvalue weighted by Crippen LogP contribution is 2.28. The maximum absolute atomic E-state index is 5.93. The molecule has 0 aliphatic carbocycles. The predicted octanol–water partition coefficient (Wildman–Crippen LogP) is 4.48. The third-order valence-electron chi connectivity index (χ3n) is 3.07. The number of thiazole rings is 1. The van der Waals surface area contributed by atoms with Crippen LogP contribution in [0.3, 0.4) is 0 Å². The number of hydrogen-bond acceptors (Lipinski definition) is 5. The smallest absolute Gasteiger partial charge is 0.188 e. The molecule has 2 heterocycles. The summed E-state index contributed by atoms with van der Waals surface area (Å²) in [5.74, 6) is 1.42. The van der Waals surface area contributed by atoms with E-state index in [0.717, 1.165) is 27.7 Å². The number of hydrogen-bond donors (Lipinski definition) is 1. The number of pyridine rings is 1. The van der Waals surface area contributed by atoms with E-state index in [1.54, 1.807) is 11.3 Å². The Balaban J connectivity index is 1.78. The standard InChI is InChI=1S/C17H17N3OS/c1-12-8-15(21-10-14-6-4-3-5-7-14)16(18-9-12)20-17-19-13(2)11-22-17/h3-9,11H,10H2,1-2H3,(H,18,19,20). The van der Waals surface area contributed by atoms with E-state index >= 15 is 0 Å². The molecule has 1 N–H and O–H groups in total. The number of benzene rings is 1. The quantitative estimate of drug-likeness (QED) is 0.755. The van der Waals surface area contributed by atoms with Gasteiger partial charge in [-0.3, -0.25) is 0 Å². The van der Waals surface area contributed by atoms with Gasteiger partial charge in [-0.05, 0) is 31.0 Å². The first-order chi connectivity index (χ1) is 10.7. The maximum atomic E-state index is 5.93. The fraction of sp³-hybridized carbons (Fsp3) is 0.176. The van der Waals surface area contributed by atoms with Crippen LogP contribution in [0.15, 0.2) is 48.0 Å².